The van der Waals surface area contributed by atoms with Crippen molar-refractivity contribution in [3.8, 4) is 11.4 Å². The first-order valence-electron chi connectivity index (χ1n) is 6.44. The van der Waals surface area contributed by atoms with Gasteiger partial charge in [0.2, 0.25) is 0 Å². The zero-order valence-electron chi connectivity index (χ0n) is 11.9. The smallest absolute Gasteiger partial charge is 0.163 e. The molecule has 2 rings (SSSR count). The zero-order chi connectivity index (χ0) is 13.8. The highest BCUT2D eigenvalue weighted by Crippen LogP contribution is 2.21. The minimum atomic E-state index is 0.341. The second-order valence-corrected chi connectivity index (χ2v) is 4.99. The number of anilines is 2. The molecular weight excluding hydrogens is 236 g/mol. The lowest BCUT2D eigenvalue weighted by Crippen LogP contribution is -2.15. The van der Waals surface area contributed by atoms with E-state index >= 15 is 0 Å². The zero-order valence-corrected chi connectivity index (χ0v) is 11.9. The van der Waals surface area contributed by atoms with Gasteiger partial charge in [0, 0.05) is 31.8 Å². The molecular formula is C15H20N4. The van der Waals surface area contributed by atoms with E-state index in [-0.39, 0.29) is 0 Å². The lowest BCUT2D eigenvalue weighted by molar-refractivity contribution is 0.885. The highest BCUT2D eigenvalue weighted by molar-refractivity contribution is 5.61. The van der Waals surface area contributed by atoms with Gasteiger partial charge >= 0.3 is 0 Å². The van der Waals surface area contributed by atoms with Gasteiger partial charge in [-0.1, -0.05) is 30.3 Å². The summed E-state index contributed by atoms with van der Waals surface area (Å²) in [5.74, 6) is 2.50. The molecule has 4 heteroatoms. The van der Waals surface area contributed by atoms with Crippen LogP contribution in [0.1, 0.15) is 13.8 Å². The highest BCUT2D eigenvalue weighted by atomic mass is 15.2. The van der Waals surface area contributed by atoms with Crippen molar-refractivity contribution in [2.24, 2.45) is 0 Å². The second-order valence-electron chi connectivity index (χ2n) is 4.99. The summed E-state index contributed by atoms with van der Waals surface area (Å²) in [5, 5.41) is 3.33. The fourth-order valence-electron chi connectivity index (χ4n) is 1.75. The topological polar surface area (TPSA) is 41.0 Å². The van der Waals surface area contributed by atoms with Gasteiger partial charge in [-0.15, -0.1) is 0 Å². The minimum Gasteiger partial charge on any atom is -0.368 e. The lowest BCUT2D eigenvalue weighted by Gasteiger charge is -2.16. The first-order chi connectivity index (χ1) is 9.06. The van der Waals surface area contributed by atoms with Crippen LogP contribution in [0.2, 0.25) is 0 Å². The summed E-state index contributed by atoms with van der Waals surface area (Å²) in [4.78, 5) is 11.1. The van der Waals surface area contributed by atoms with E-state index in [0.29, 0.717) is 6.04 Å². The number of hydrogen-bond donors (Lipinski definition) is 1. The molecule has 0 saturated heterocycles. The van der Waals surface area contributed by atoms with Crippen LogP contribution >= 0.6 is 0 Å². The van der Waals surface area contributed by atoms with E-state index in [1.165, 1.54) is 0 Å². The van der Waals surface area contributed by atoms with E-state index in [2.05, 4.69) is 29.1 Å². The van der Waals surface area contributed by atoms with E-state index in [1.807, 2.05) is 55.4 Å². The summed E-state index contributed by atoms with van der Waals surface area (Å²) in [7, 11) is 3.96. The summed E-state index contributed by atoms with van der Waals surface area (Å²) in [6.07, 6.45) is 0. The Balaban J connectivity index is 2.45. The molecule has 0 saturated carbocycles. The fourth-order valence-corrected chi connectivity index (χ4v) is 1.75. The number of hydrogen-bond acceptors (Lipinski definition) is 4. The van der Waals surface area contributed by atoms with Crippen molar-refractivity contribution < 1.29 is 0 Å². The van der Waals surface area contributed by atoms with Crippen LogP contribution in [0, 0.1) is 0 Å². The van der Waals surface area contributed by atoms with Crippen molar-refractivity contribution in [1.82, 2.24) is 9.97 Å². The second kappa shape index (κ2) is 5.69. The van der Waals surface area contributed by atoms with E-state index in [1.54, 1.807) is 0 Å². The van der Waals surface area contributed by atoms with Crippen molar-refractivity contribution in [2.75, 3.05) is 24.3 Å². The molecule has 1 aromatic carbocycles. The average molecular weight is 256 g/mol. The molecule has 0 atom stereocenters. The molecule has 1 aromatic heterocycles. The summed E-state index contributed by atoms with van der Waals surface area (Å²) in [5.41, 5.74) is 1.03. The van der Waals surface area contributed by atoms with Crippen molar-refractivity contribution in [2.45, 2.75) is 19.9 Å². The third kappa shape index (κ3) is 3.44. The van der Waals surface area contributed by atoms with Gasteiger partial charge in [0.1, 0.15) is 11.6 Å². The Bertz CT molecular complexity index is 535. The van der Waals surface area contributed by atoms with Crippen LogP contribution in [0.5, 0.6) is 0 Å². The minimum absolute atomic E-state index is 0.341. The van der Waals surface area contributed by atoms with Crippen molar-refractivity contribution in [3.05, 3.63) is 36.4 Å². The predicted molar refractivity (Wildman–Crippen MR) is 80.6 cm³/mol. The molecule has 0 unspecified atom stereocenters. The maximum absolute atomic E-state index is 4.59. The lowest BCUT2D eigenvalue weighted by atomic mass is 10.2. The van der Waals surface area contributed by atoms with Gasteiger partial charge in [-0.05, 0) is 13.8 Å². The predicted octanol–water partition coefficient (Wildman–Crippen LogP) is 3.03. The van der Waals surface area contributed by atoms with Crippen LogP contribution in [0.3, 0.4) is 0 Å². The van der Waals surface area contributed by atoms with Gasteiger partial charge in [0.15, 0.2) is 5.82 Å². The molecule has 0 aliphatic heterocycles. The molecule has 0 spiro atoms. The van der Waals surface area contributed by atoms with Crippen molar-refractivity contribution in [1.29, 1.82) is 0 Å². The summed E-state index contributed by atoms with van der Waals surface area (Å²) in [6.45, 7) is 4.19. The van der Waals surface area contributed by atoms with Crippen molar-refractivity contribution >= 4 is 11.6 Å². The Kier molecular flexibility index (Phi) is 4.00. The SMILES string of the molecule is CC(C)Nc1cc(N(C)C)nc(-c2ccccc2)n1. The molecule has 0 radical (unpaired) electrons. The Morgan fingerprint density at radius 2 is 1.74 bits per heavy atom. The van der Waals surface area contributed by atoms with E-state index < -0.39 is 0 Å². The normalized spacial score (nSPS) is 10.6. The van der Waals surface area contributed by atoms with Crippen LogP contribution in [-0.4, -0.2) is 30.1 Å². The first kappa shape index (κ1) is 13.3. The van der Waals surface area contributed by atoms with Gasteiger partial charge in [0.25, 0.3) is 0 Å². The van der Waals surface area contributed by atoms with Crippen LogP contribution < -0.4 is 10.2 Å². The van der Waals surface area contributed by atoms with Gasteiger partial charge in [-0.2, -0.15) is 0 Å². The Hall–Kier alpha value is -2.10. The Morgan fingerprint density at radius 3 is 2.32 bits per heavy atom. The first-order valence-corrected chi connectivity index (χ1v) is 6.44. The Morgan fingerprint density at radius 1 is 1.05 bits per heavy atom. The Labute approximate surface area is 114 Å². The van der Waals surface area contributed by atoms with E-state index in [4.69, 9.17) is 0 Å². The maximum Gasteiger partial charge on any atom is 0.163 e. The van der Waals surface area contributed by atoms with E-state index in [9.17, 15) is 0 Å². The van der Waals surface area contributed by atoms with Crippen molar-refractivity contribution in [3.63, 3.8) is 0 Å². The quantitative estimate of drug-likeness (QED) is 0.913. The maximum atomic E-state index is 4.59. The van der Waals surface area contributed by atoms with Crippen LogP contribution in [0.4, 0.5) is 11.6 Å². The third-order valence-electron chi connectivity index (χ3n) is 2.64. The van der Waals surface area contributed by atoms with Crippen LogP contribution in [0.25, 0.3) is 11.4 Å². The summed E-state index contributed by atoms with van der Waals surface area (Å²) in [6, 6.07) is 12.3. The highest BCUT2D eigenvalue weighted by Gasteiger charge is 2.08. The molecule has 1 heterocycles. The molecule has 1 N–H and O–H groups in total. The van der Waals surface area contributed by atoms with Gasteiger partial charge in [-0.25, -0.2) is 9.97 Å². The number of nitrogens with zero attached hydrogens (tertiary/aromatic N) is 3. The largest absolute Gasteiger partial charge is 0.368 e. The number of benzene rings is 1. The molecule has 4 nitrogen and oxygen atoms in total. The van der Waals surface area contributed by atoms with Crippen LogP contribution in [0.15, 0.2) is 36.4 Å². The molecule has 0 amide bonds. The monoisotopic (exact) mass is 256 g/mol. The molecule has 0 aliphatic carbocycles. The van der Waals surface area contributed by atoms with Crippen LogP contribution in [-0.2, 0) is 0 Å². The average Bonchev–Trinajstić information content (AvgIpc) is 2.38. The number of aromatic nitrogens is 2. The fraction of sp³-hybridized carbons (Fsp3) is 0.333. The molecule has 0 fully saturated rings. The van der Waals surface area contributed by atoms with Gasteiger partial charge in [0.05, 0.1) is 0 Å². The van der Waals surface area contributed by atoms with E-state index in [0.717, 1.165) is 23.0 Å². The molecule has 19 heavy (non-hydrogen) atoms. The standard InChI is InChI=1S/C15H20N4/c1-11(2)16-13-10-14(19(3)4)18-15(17-13)12-8-6-5-7-9-12/h5-11H,1-4H3,(H,16,17,18). The number of rotatable bonds is 4. The third-order valence-corrected chi connectivity index (χ3v) is 2.64. The van der Waals surface area contributed by atoms with Gasteiger partial charge < -0.3 is 10.2 Å². The molecule has 0 aliphatic rings. The molecule has 100 valence electrons. The summed E-state index contributed by atoms with van der Waals surface area (Å²) >= 11 is 0. The summed E-state index contributed by atoms with van der Waals surface area (Å²) < 4.78 is 0. The van der Waals surface area contributed by atoms with Gasteiger partial charge in [-0.3, -0.25) is 0 Å². The molecule has 2 aromatic rings. The molecule has 0 bridgehead atoms. The number of nitrogens with one attached hydrogen (secondary N) is 1.